The number of aromatic nitrogens is 1. The van der Waals surface area contributed by atoms with E-state index in [2.05, 4.69) is 16.4 Å². The Kier molecular flexibility index (Phi) is 2.10. The van der Waals surface area contributed by atoms with Crippen LogP contribution in [0.2, 0.25) is 0 Å². The molecule has 0 atom stereocenters. The molecule has 2 aromatic rings. The van der Waals surface area contributed by atoms with E-state index in [1.807, 2.05) is 12.3 Å². The number of thiophene rings is 1. The van der Waals surface area contributed by atoms with E-state index in [9.17, 15) is 0 Å². The summed E-state index contributed by atoms with van der Waals surface area (Å²) >= 11 is 3.28. The van der Waals surface area contributed by atoms with Gasteiger partial charge in [0.15, 0.2) is 0 Å². The molecule has 0 unspecified atom stereocenters. The van der Waals surface area contributed by atoms with Crippen LogP contribution in [-0.4, -0.2) is 12.1 Å². The van der Waals surface area contributed by atoms with Crippen molar-refractivity contribution in [2.45, 2.75) is 0 Å². The van der Waals surface area contributed by atoms with Crippen molar-refractivity contribution < 1.29 is 4.74 Å². The maximum atomic E-state index is 5.00. The highest BCUT2D eigenvalue weighted by Crippen LogP contribution is 2.32. The predicted octanol–water partition coefficient (Wildman–Crippen LogP) is 2.88. The summed E-state index contributed by atoms with van der Waals surface area (Å²) in [4.78, 5) is 6.51. The Balaban J connectivity index is 2.35. The van der Waals surface area contributed by atoms with Crippen LogP contribution in [0, 0.1) is 0 Å². The van der Waals surface area contributed by atoms with Crippen molar-refractivity contribution in [3.05, 3.63) is 23.7 Å². The second-order valence-corrected chi connectivity index (χ2v) is 4.11. The van der Waals surface area contributed by atoms with Crippen LogP contribution in [0.1, 0.15) is 0 Å². The summed E-state index contributed by atoms with van der Waals surface area (Å²) in [5.74, 6) is 0. The van der Waals surface area contributed by atoms with Gasteiger partial charge < -0.3 is 4.74 Å². The van der Waals surface area contributed by atoms with Crippen molar-refractivity contribution in [3.63, 3.8) is 0 Å². The monoisotopic (exact) mass is 197 g/mol. The van der Waals surface area contributed by atoms with Crippen molar-refractivity contribution in [1.29, 1.82) is 0 Å². The van der Waals surface area contributed by atoms with Crippen molar-refractivity contribution in [2.75, 3.05) is 7.11 Å². The normalized spacial score (nSPS) is 10.1. The van der Waals surface area contributed by atoms with E-state index >= 15 is 0 Å². The topological polar surface area (TPSA) is 22.1 Å². The van der Waals surface area contributed by atoms with E-state index in [1.165, 1.54) is 9.75 Å². The highest BCUT2D eigenvalue weighted by Gasteiger charge is 2.03. The Labute approximate surface area is 78.5 Å². The molecule has 0 aliphatic rings. The van der Waals surface area contributed by atoms with Gasteiger partial charge in [-0.3, -0.25) is 0 Å². The molecule has 4 heteroatoms. The molecule has 0 saturated heterocycles. The standard InChI is InChI=1S/C8H7NOS2/c1-10-8-9-5-7(12-8)6-3-2-4-11-6/h2-5H,1H3. The van der Waals surface area contributed by atoms with Gasteiger partial charge in [0.2, 0.25) is 0 Å². The minimum absolute atomic E-state index is 0.721. The van der Waals surface area contributed by atoms with E-state index in [4.69, 9.17) is 4.74 Å². The number of ether oxygens (including phenoxy) is 1. The molecule has 0 fully saturated rings. The minimum Gasteiger partial charge on any atom is -0.473 e. The molecule has 0 radical (unpaired) electrons. The van der Waals surface area contributed by atoms with E-state index in [1.54, 1.807) is 29.8 Å². The molecule has 2 rings (SSSR count). The summed E-state index contributed by atoms with van der Waals surface area (Å²) in [7, 11) is 1.64. The maximum Gasteiger partial charge on any atom is 0.273 e. The van der Waals surface area contributed by atoms with Gasteiger partial charge >= 0.3 is 0 Å². The summed E-state index contributed by atoms with van der Waals surface area (Å²) in [6, 6.07) is 4.11. The molecule has 2 nitrogen and oxygen atoms in total. The lowest BCUT2D eigenvalue weighted by atomic mass is 10.4. The third kappa shape index (κ3) is 1.35. The highest BCUT2D eigenvalue weighted by molar-refractivity contribution is 7.22. The lowest BCUT2D eigenvalue weighted by molar-refractivity contribution is 0.412. The van der Waals surface area contributed by atoms with Gasteiger partial charge in [0.05, 0.1) is 18.2 Å². The molecule has 0 aromatic carbocycles. The van der Waals surface area contributed by atoms with Gasteiger partial charge in [0.1, 0.15) is 0 Å². The summed E-state index contributed by atoms with van der Waals surface area (Å²) in [6.07, 6.45) is 1.84. The summed E-state index contributed by atoms with van der Waals surface area (Å²) in [5, 5.41) is 2.78. The third-order valence-electron chi connectivity index (χ3n) is 1.42. The summed E-state index contributed by atoms with van der Waals surface area (Å²) in [6.45, 7) is 0. The number of hydrogen-bond acceptors (Lipinski definition) is 4. The minimum atomic E-state index is 0.721. The van der Waals surface area contributed by atoms with Crippen LogP contribution in [0.4, 0.5) is 0 Å². The van der Waals surface area contributed by atoms with Crippen LogP contribution in [0.5, 0.6) is 5.19 Å². The zero-order valence-electron chi connectivity index (χ0n) is 6.48. The van der Waals surface area contributed by atoms with Crippen LogP contribution in [0.15, 0.2) is 23.7 Å². The predicted molar refractivity (Wildman–Crippen MR) is 52.0 cm³/mol. The van der Waals surface area contributed by atoms with Crippen LogP contribution < -0.4 is 4.74 Å². The van der Waals surface area contributed by atoms with Crippen LogP contribution >= 0.6 is 22.7 Å². The molecule has 0 spiro atoms. The van der Waals surface area contributed by atoms with Crippen molar-refractivity contribution in [3.8, 4) is 14.9 Å². The first-order chi connectivity index (χ1) is 5.90. The van der Waals surface area contributed by atoms with Crippen LogP contribution in [0.25, 0.3) is 9.75 Å². The molecule has 2 aromatic heterocycles. The van der Waals surface area contributed by atoms with Gasteiger partial charge in [-0.05, 0) is 11.4 Å². The van der Waals surface area contributed by atoms with Crippen molar-refractivity contribution >= 4 is 22.7 Å². The quantitative estimate of drug-likeness (QED) is 0.738. The first kappa shape index (κ1) is 7.76. The summed E-state index contributed by atoms with van der Waals surface area (Å²) < 4.78 is 5.00. The average Bonchev–Trinajstić information content (AvgIpc) is 2.75. The van der Waals surface area contributed by atoms with Gasteiger partial charge in [-0.25, -0.2) is 4.98 Å². The van der Waals surface area contributed by atoms with E-state index in [-0.39, 0.29) is 0 Å². The van der Waals surface area contributed by atoms with Gasteiger partial charge in [-0.2, -0.15) is 0 Å². The first-order valence-electron chi connectivity index (χ1n) is 3.44. The fourth-order valence-electron chi connectivity index (χ4n) is 0.885. The Bertz CT molecular complexity index is 353. The Morgan fingerprint density at radius 3 is 2.92 bits per heavy atom. The first-order valence-corrected chi connectivity index (χ1v) is 5.13. The van der Waals surface area contributed by atoms with E-state index in [0.717, 1.165) is 5.19 Å². The Morgan fingerprint density at radius 2 is 2.33 bits per heavy atom. The average molecular weight is 197 g/mol. The third-order valence-corrected chi connectivity index (χ3v) is 3.45. The van der Waals surface area contributed by atoms with Crippen molar-refractivity contribution in [1.82, 2.24) is 4.98 Å². The van der Waals surface area contributed by atoms with Gasteiger partial charge in [0.25, 0.3) is 5.19 Å². The molecule has 0 N–H and O–H groups in total. The van der Waals surface area contributed by atoms with Gasteiger partial charge in [0, 0.05) is 4.88 Å². The maximum absolute atomic E-state index is 5.00. The number of nitrogens with zero attached hydrogens (tertiary/aromatic N) is 1. The van der Waals surface area contributed by atoms with Gasteiger partial charge in [-0.15, -0.1) is 11.3 Å². The fourth-order valence-corrected chi connectivity index (χ4v) is 2.44. The largest absolute Gasteiger partial charge is 0.473 e. The number of hydrogen-bond donors (Lipinski definition) is 0. The summed E-state index contributed by atoms with van der Waals surface area (Å²) in [5.41, 5.74) is 0. The lowest BCUT2D eigenvalue weighted by Crippen LogP contribution is -1.76. The number of thiazole rings is 1. The molecule has 0 amide bonds. The number of rotatable bonds is 2. The fraction of sp³-hybridized carbons (Fsp3) is 0.125. The molecule has 0 bridgehead atoms. The molecular weight excluding hydrogens is 190 g/mol. The second kappa shape index (κ2) is 3.25. The van der Waals surface area contributed by atoms with Gasteiger partial charge in [-0.1, -0.05) is 17.4 Å². The van der Waals surface area contributed by atoms with Crippen molar-refractivity contribution in [2.24, 2.45) is 0 Å². The van der Waals surface area contributed by atoms with Crippen LogP contribution in [0.3, 0.4) is 0 Å². The smallest absolute Gasteiger partial charge is 0.273 e. The SMILES string of the molecule is COc1ncc(-c2cccs2)s1. The second-order valence-electron chi connectivity index (χ2n) is 2.17. The highest BCUT2D eigenvalue weighted by atomic mass is 32.1. The zero-order valence-corrected chi connectivity index (χ0v) is 8.11. The molecule has 0 aliphatic heterocycles. The van der Waals surface area contributed by atoms with Crippen LogP contribution in [-0.2, 0) is 0 Å². The molecule has 2 heterocycles. The molecule has 0 saturated carbocycles. The number of methoxy groups -OCH3 is 1. The lowest BCUT2D eigenvalue weighted by Gasteiger charge is -1.87. The Hall–Kier alpha value is -0.870. The molecule has 12 heavy (non-hydrogen) atoms. The molecular formula is C8H7NOS2. The van der Waals surface area contributed by atoms with E-state index in [0.29, 0.717) is 0 Å². The zero-order chi connectivity index (χ0) is 8.39. The molecule has 62 valence electrons. The molecule has 0 aliphatic carbocycles. The Morgan fingerprint density at radius 1 is 1.42 bits per heavy atom. The van der Waals surface area contributed by atoms with E-state index < -0.39 is 0 Å².